The fraction of sp³-hybridized carbons (Fsp3) is 0.381. The summed E-state index contributed by atoms with van der Waals surface area (Å²) in [6.07, 6.45) is 1.82. The third kappa shape index (κ3) is 5.66. The molecule has 8 nitrogen and oxygen atoms in total. The number of hydrogen-bond acceptors (Lipinski definition) is 5. The molecule has 1 aliphatic heterocycles. The molecule has 160 valence electrons. The zero-order valence-electron chi connectivity index (χ0n) is 17.1. The lowest BCUT2D eigenvalue weighted by Crippen LogP contribution is -2.36. The van der Waals surface area contributed by atoms with Gasteiger partial charge in [-0.3, -0.25) is 9.78 Å². The number of halogens is 1. The van der Waals surface area contributed by atoms with Crippen LogP contribution in [0.3, 0.4) is 0 Å². The maximum absolute atomic E-state index is 14.1. The molecule has 2 atom stereocenters. The van der Waals surface area contributed by atoms with Gasteiger partial charge in [-0.15, -0.1) is 0 Å². The van der Waals surface area contributed by atoms with Crippen LogP contribution in [0.5, 0.6) is 5.75 Å². The first-order valence-electron chi connectivity index (χ1n) is 9.58. The Balaban J connectivity index is 1.64. The van der Waals surface area contributed by atoms with Crippen LogP contribution in [-0.4, -0.2) is 54.2 Å². The van der Waals surface area contributed by atoms with Crippen LogP contribution in [0, 0.1) is 12.7 Å². The Hall–Kier alpha value is -3.20. The van der Waals surface area contributed by atoms with E-state index in [1.165, 1.54) is 31.3 Å². The molecule has 2 aromatic rings. The maximum Gasteiger partial charge on any atom is 0.323 e. The van der Waals surface area contributed by atoms with E-state index in [4.69, 9.17) is 9.47 Å². The number of ether oxygens (including phenoxy) is 2. The van der Waals surface area contributed by atoms with Crippen molar-refractivity contribution in [3.8, 4) is 5.75 Å². The molecule has 3 rings (SSSR count). The van der Waals surface area contributed by atoms with E-state index >= 15 is 0 Å². The summed E-state index contributed by atoms with van der Waals surface area (Å²) >= 11 is 0. The number of aromatic nitrogens is 1. The number of hydrogen-bond donors (Lipinski definition) is 2. The number of benzene rings is 1. The van der Waals surface area contributed by atoms with E-state index in [9.17, 15) is 14.0 Å². The van der Waals surface area contributed by atoms with Gasteiger partial charge in [-0.05, 0) is 25.1 Å². The number of nitrogens with zero attached hydrogens (tertiary/aromatic N) is 2. The summed E-state index contributed by atoms with van der Waals surface area (Å²) in [4.78, 5) is 29.8. The van der Waals surface area contributed by atoms with Crippen LogP contribution in [0.4, 0.5) is 20.6 Å². The maximum atomic E-state index is 14.1. The van der Waals surface area contributed by atoms with E-state index in [1.807, 2.05) is 6.92 Å². The Morgan fingerprint density at radius 1 is 1.23 bits per heavy atom. The fourth-order valence-electron chi connectivity index (χ4n) is 3.43. The zero-order chi connectivity index (χ0) is 21.7. The lowest BCUT2D eigenvalue weighted by atomic mass is 10.2. The van der Waals surface area contributed by atoms with Gasteiger partial charge in [-0.2, -0.15) is 0 Å². The molecule has 0 bridgehead atoms. The Kier molecular flexibility index (Phi) is 6.83. The monoisotopic (exact) mass is 416 g/mol. The summed E-state index contributed by atoms with van der Waals surface area (Å²) in [5.74, 6) is -0.337. The molecule has 1 fully saturated rings. The van der Waals surface area contributed by atoms with E-state index in [2.05, 4.69) is 15.6 Å². The molecule has 0 saturated carbocycles. The minimum Gasteiger partial charge on any atom is -0.488 e. The average Bonchev–Trinajstić information content (AvgIpc) is 3.06. The predicted molar refractivity (Wildman–Crippen MR) is 110 cm³/mol. The van der Waals surface area contributed by atoms with Crippen LogP contribution < -0.4 is 15.4 Å². The number of aryl methyl sites for hydroxylation is 1. The topological polar surface area (TPSA) is 92.8 Å². The molecule has 3 amide bonds. The van der Waals surface area contributed by atoms with Crippen LogP contribution in [-0.2, 0) is 9.53 Å². The molecule has 1 aromatic heterocycles. The first-order chi connectivity index (χ1) is 14.3. The highest BCUT2D eigenvalue weighted by Crippen LogP contribution is 2.26. The van der Waals surface area contributed by atoms with Crippen molar-refractivity contribution in [2.75, 3.05) is 30.9 Å². The normalized spacial score (nSPS) is 18.2. The van der Waals surface area contributed by atoms with Crippen molar-refractivity contribution >= 4 is 23.3 Å². The zero-order valence-corrected chi connectivity index (χ0v) is 17.1. The van der Waals surface area contributed by atoms with Crippen molar-refractivity contribution < 1.29 is 23.5 Å². The van der Waals surface area contributed by atoms with Gasteiger partial charge in [0, 0.05) is 44.0 Å². The van der Waals surface area contributed by atoms with Gasteiger partial charge in [0.2, 0.25) is 5.91 Å². The quantitative estimate of drug-likeness (QED) is 0.755. The van der Waals surface area contributed by atoms with Gasteiger partial charge in [-0.1, -0.05) is 0 Å². The molecule has 0 radical (unpaired) electrons. The van der Waals surface area contributed by atoms with Gasteiger partial charge in [-0.25, -0.2) is 9.18 Å². The van der Waals surface area contributed by atoms with Gasteiger partial charge < -0.3 is 25.0 Å². The second kappa shape index (κ2) is 9.53. The van der Waals surface area contributed by atoms with Crippen molar-refractivity contribution in [2.24, 2.45) is 0 Å². The Labute approximate surface area is 174 Å². The van der Waals surface area contributed by atoms with Crippen LogP contribution >= 0.6 is 0 Å². The molecule has 2 N–H and O–H groups in total. The number of carbonyl (C=O) groups is 2. The summed E-state index contributed by atoms with van der Waals surface area (Å²) in [5.41, 5.74) is 1.60. The van der Waals surface area contributed by atoms with E-state index < -0.39 is 11.8 Å². The molecule has 0 aliphatic carbocycles. The third-order valence-corrected chi connectivity index (χ3v) is 4.74. The van der Waals surface area contributed by atoms with Gasteiger partial charge in [0.05, 0.1) is 31.1 Å². The highest BCUT2D eigenvalue weighted by atomic mass is 19.1. The van der Waals surface area contributed by atoms with Crippen LogP contribution in [0.2, 0.25) is 0 Å². The van der Waals surface area contributed by atoms with Crippen LogP contribution in [0.25, 0.3) is 0 Å². The summed E-state index contributed by atoms with van der Waals surface area (Å²) < 4.78 is 25.1. The minimum absolute atomic E-state index is 0.0629. The molecule has 0 spiro atoms. The second-order valence-corrected chi connectivity index (χ2v) is 7.20. The smallest absolute Gasteiger partial charge is 0.323 e. The number of anilines is 2. The summed E-state index contributed by atoms with van der Waals surface area (Å²) in [6.45, 7) is 4.14. The Morgan fingerprint density at radius 2 is 2.00 bits per heavy atom. The van der Waals surface area contributed by atoms with Crippen molar-refractivity contribution in [3.05, 3.63) is 48.0 Å². The van der Waals surface area contributed by atoms with Crippen LogP contribution in [0.1, 0.15) is 19.0 Å². The average molecular weight is 416 g/mol. The van der Waals surface area contributed by atoms with Gasteiger partial charge in [0.1, 0.15) is 17.7 Å². The number of methoxy groups -OCH3 is 1. The van der Waals surface area contributed by atoms with Gasteiger partial charge in [0.15, 0.2) is 0 Å². The van der Waals surface area contributed by atoms with E-state index in [-0.39, 0.29) is 29.5 Å². The molecule has 30 heavy (non-hydrogen) atoms. The summed E-state index contributed by atoms with van der Waals surface area (Å²) in [5, 5.41) is 5.22. The molecule has 1 saturated heterocycles. The third-order valence-electron chi connectivity index (χ3n) is 4.74. The molecule has 1 unspecified atom stereocenters. The highest BCUT2D eigenvalue weighted by molar-refractivity contribution is 5.99. The number of amides is 3. The van der Waals surface area contributed by atoms with Crippen LogP contribution in [0.15, 0.2) is 36.5 Å². The number of carbonyl (C=O) groups excluding carboxylic acids is 2. The van der Waals surface area contributed by atoms with Gasteiger partial charge in [0.25, 0.3) is 0 Å². The number of likely N-dealkylation sites (tertiary alicyclic amines) is 1. The van der Waals surface area contributed by atoms with E-state index in [0.29, 0.717) is 25.3 Å². The number of pyridine rings is 1. The molecule has 9 heteroatoms. The highest BCUT2D eigenvalue weighted by Gasteiger charge is 2.35. The minimum atomic E-state index is -0.547. The molecule has 1 aromatic carbocycles. The largest absolute Gasteiger partial charge is 0.488 e. The fourth-order valence-corrected chi connectivity index (χ4v) is 3.43. The Morgan fingerprint density at radius 3 is 2.67 bits per heavy atom. The van der Waals surface area contributed by atoms with Crippen molar-refractivity contribution in [1.82, 2.24) is 9.88 Å². The van der Waals surface area contributed by atoms with E-state index in [1.54, 1.807) is 24.1 Å². The number of nitrogens with one attached hydrogen (secondary N) is 2. The van der Waals surface area contributed by atoms with E-state index in [0.717, 1.165) is 5.69 Å². The second-order valence-electron chi connectivity index (χ2n) is 7.20. The number of rotatable bonds is 6. The van der Waals surface area contributed by atoms with Crippen molar-refractivity contribution in [2.45, 2.75) is 32.4 Å². The van der Waals surface area contributed by atoms with Crippen molar-refractivity contribution in [1.29, 1.82) is 0 Å². The lowest BCUT2D eigenvalue weighted by Gasteiger charge is -2.21. The summed E-state index contributed by atoms with van der Waals surface area (Å²) in [7, 11) is 1.58. The van der Waals surface area contributed by atoms with Gasteiger partial charge >= 0.3 is 6.03 Å². The number of urea groups is 1. The standard InChI is InChI=1S/C21H25FN4O4/c1-13-4-5-16(10-23-13)24-21(28)25-17-6-15(22)7-19(8-17)30-20-9-18(12-29-3)26(11-20)14(2)27/h4-8,10,18,20H,9,11-12H2,1-3H3,(H2,24,25,28)/t18-,20?/m1/s1. The van der Waals surface area contributed by atoms with Crippen molar-refractivity contribution in [3.63, 3.8) is 0 Å². The molecule has 2 heterocycles. The summed E-state index contributed by atoms with van der Waals surface area (Å²) in [6, 6.07) is 6.86. The first-order valence-corrected chi connectivity index (χ1v) is 9.58. The first kappa shape index (κ1) is 21.5. The Bertz CT molecular complexity index is 906. The molecular weight excluding hydrogens is 391 g/mol. The molecule has 1 aliphatic rings. The predicted octanol–water partition coefficient (Wildman–Crippen LogP) is 3.19. The SMILES string of the molecule is COC[C@H]1CC(Oc2cc(F)cc(NC(=O)Nc3ccc(C)nc3)c2)CN1C(C)=O. The lowest BCUT2D eigenvalue weighted by molar-refractivity contribution is -0.130. The molecular formula is C21H25FN4O4.